The number of methoxy groups -OCH3 is 1. The van der Waals surface area contributed by atoms with Gasteiger partial charge in [-0.2, -0.15) is 4.39 Å². The fourth-order valence-corrected chi connectivity index (χ4v) is 1.30. The maximum Gasteiger partial charge on any atom is 0.274 e. The van der Waals surface area contributed by atoms with Crippen molar-refractivity contribution < 1.29 is 13.9 Å². The van der Waals surface area contributed by atoms with Crippen LogP contribution in [0.5, 0.6) is 5.88 Å². The Hall–Kier alpha value is -2.50. The second-order valence-corrected chi connectivity index (χ2v) is 3.39. The van der Waals surface area contributed by atoms with Crippen LogP contribution in [-0.4, -0.2) is 23.0 Å². The van der Waals surface area contributed by atoms with Crippen molar-refractivity contribution in [2.75, 3.05) is 12.4 Å². The first-order valence-corrected chi connectivity index (χ1v) is 5.13. The molecule has 1 amide bonds. The number of halogens is 1. The molecule has 2 aromatic heterocycles. The van der Waals surface area contributed by atoms with Gasteiger partial charge in [0.25, 0.3) is 5.91 Å². The molecule has 0 aliphatic heterocycles. The van der Waals surface area contributed by atoms with Crippen LogP contribution in [0.4, 0.5) is 10.1 Å². The van der Waals surface area contributed by atoms with Gasteiger partial charge in [0.2, 0.25) is 11.8 Å². The second kappa shape index (κ2) is 5.22. The molecule has 2 rings (SSSR count). The van der Waals surface area contributed by atoms with Crippen molar-refractivity contribution >= 4 is 11.6 Å². The van der Waals surface area contributed by atoms with Crippen LogP contribution in [0.3, 0.4) is 0 Å². The predicted molar refractivity (Wildman–Crippen MR) is 62.9 cm³/mol. The number of aromatic nitrogens is 2. The molecule has 2 aromatic rings. The van der Waals surface area contributed by atoms with Gasteiger partial charge in [-0.1, -0.05) is 6.07 Å². The number of carbonyl (C=O) groups is 1. The molecular formula is C12H10FN3O2. The molecule has 18 heavy (non-hydrogen) atoms. The van der Waals surface area contributed by atoms with Gasteiger partial charge in [0.05, 0.1) is 19.0 Å². The molecule has 0 fully saturated rings. The molecule has 5 nitrogen and oxygen atoms in total. The molecule has 0 spiro atoms. The molecule has 0 saturated heterocycles. The highest BCUT2D eigenvalue weighted by Gasteiger charge is 2.08. The van der Waals surface area contributed by atoms with Crippen molar-refractivity contribution in [1.82, 2.24) is 9.97 Å². The molecule has 0 saturated carbocycles. The molecule has 2 heterocycles. The van der Waals surface area contributed by atoms with Crippen molar-refractivity contribution in [3.05, 3.63) is 48.2 Å². The highest BCUT2D eigenvalue weighted by atomic mass is 19.1. The lowest BCUT2D eigenvalue weighted by molar-refractivity contribution is 0.102. The highest BCUT2D eigenvalue weighted by molar-refractivity contribution is 6.02. The number of hydrogen-bond acceptors (Lipinski definition) is 4. The summed E-state index contributed by atoms with van der Waals surface area (Å²) < 4.78 is 17.7. The Morgan fingerprint density at radius 3 is 2.78 bits per heavy atom. The van der Waals surface area contributed by atoms with Crippen LogP contribution < -0.4 is 10.1 Å². The summed E-state index contributed by atoms with van der Waals surface area (Å²) in [7, 11) is 1.50. The van der Waals surface area contributed by atoms with E-state index in [9.17, 15) is 9.18 Å². The number of amides is 1. The Labute approximate surface area is 103 Å². The van der Waals surface area contributed by atoms with Gasteiger partial charge in [-0.05, 0) is 18.2 Å². The van der Waals surface area contributed by atoms with E-state index in [1.807, 2.05) is 0 Å². The van der Waals surface area contributed by atoms with E-state index in [4.69, 9.17) is 4.74 Å². The number of anilines is 1. The minimum absolute atomic E-state index is 0.00539. The summed E-state index contributed by atoms with van der Waals surface area (Å²) in [4.78, 5) is 19.1. The summed E-state index contributed by atoms with van der Waals surface area (Å²) in [5.74, 6) is -0.756. The van der Waals surface area contributed by atoms with E-state index in [-0.39, 0.29) is 5.69 Å². The summed E-state index contributed by atoms with van der Waals surface area (Å²) in [6, 6.07) is 7.25. The largest absolute Gasteiger partial charge is 0.481 e. The smallest absolute Gasteiger partial charge is 0.274 e. The summed E-state index contributed by atoms with van der Waals surface area (Å²) >= 11 is 0. The van der Waals surface area contributed by atoms with Crippen LogP contribution in [0.15, 0.2) is 36.5 Å². The van der Waals surface area contributed by atoms with Gasteiger partial charge in [-0.25, -0.2) is 9.97 Å². The third-order valence-electron chi connectivity index (χ3n) is 2.15. The molecule has 0 bridgehead atoms. The van der Waals surface area contributed by atoms with E-state index in [0.29, 0.717) is 11.6 Å². The Morgan fingerprint density at radius 2 is 2.17 bits per heavy atom. The summed E-state index contributed by atoms with van der Waals surface area (Å²) in [5.41, 5.74) is 0.484. The van der Waals surface area contributed by atoms with E-state index in [1.54, 1.807) is 12.1 Å². The zero-order valence-corrected chi connectivity index (χ0v) is 9.55. The molecule has 92 valence electrons. The first kappa shape index (κ1) is 12.0. The third kappa shape index (κ3) is 2.79. The maximum absolute atomic E-state index is 12.8. The Morgan fingerprint density at radius 1 is 1.33 bits per heavy atom. The van der Waals surface area contributed by atoms with Gasteiger partial charge in [-0.15, -0.1) is 0 Å². The minimum atomic E-state index is -0.699. The lowest BCUT2D eigenvalue weighted by Gasteiger charge is -2.05. The number of hydrogen-bond donors (Lipinski definition) is 1. The maximum atomic E-state index is 12.8. The fraction of sp³-hybridized carbons (Fsp3) is 0.0833. The topological polar surface area (TPSA) is 64.1 Å². The predicted octanol–water partition coefficient (Wildman–Crippen LogP) is 1.88. The molecular weight excluding hydrogens is 237 g/mol. The third-order valence-corrected chi connectivity index (χ3v) is 2.15. The Balaban J connectivity index is 2.11. The van der Waals surface area contributed by atoms with E-state index in [1.165, 1.54) is 31.5 Å². The monoisotopic (exact) mass is 247 g/mol. The van der Waals surface area contributed by atoms with Crippen molar-refractivity contribution in [3.8, 4) is 5.88 Å². The first-order chi connectivity index (χ1) is 8.69. The average molecular weight is 247 g/mol. The van der Waals surface area contributed by atoms with Crippen LogP contribution in [0.1, 0.15) is 10.5 Å². The van der Waals surface area contributed by atoms with Gasteiger partial charge in [0.15, 0.2) is 0 Å². The summed E-state index contributed by atoms with van der Waals surface area (Å²) in [5, 5.41) is 2.55. The van der Waals surface area contributed by atoms with E-state index < -0.39 is 11.9 Å². The van der Waals surface area contributed by atoms with E-state index in [0.717, 1.165) is 0 Å². The SMILES string of the molecule is COc1ccc(NC(=O)c2cccc(F)n2)cn1. The van der Waals surface area contributed by atoms with Gasteiger partial charge in [-0.3, -0.25) is 4.79 Å². The zero-order valence-electron chi connectivity index (χ0n) is 9.55. The van der Waals surface area contributed by atoms with Gasteiger partial charge in [0, 0.05) is 6.07 Å². The Bertz CT molecular complexity index is 558. The fourth-order valence-electron chi connectivity index (χ4n) is 1.30. The normalized spacial score (nSPS) is 9.89. The van der Waals surface area contributed by atoms with Gasteiger partial charge < -0.3 is 10.1 Å². The van der Waals surface area contributed by atoms with Gasteiger partial charge >= 0.3 is 0 Å². The lowest BCUT2D eigenvalue weighted by Crippen LogP contribution is -2.14. The van der Waals surface area contributed by atoms with Crippen LogP contribution in [0.2, 0.25) is 0 Å². The Kier molecular flexibility index (Phi) is 3.47. The summed E-state index contributed by atoms with van der Waals surface area (Å²) in [6.45, 7) is 0. The standard InChI is InChI=1S/C12H10FN3O2/c1-18-11-6-5-8(7-14-11)15-12(17)9-3-2-4-10(13)16-9/h2-7H,1H3,(H,15,17). The quantitative estimate of drug-likeness (QED) is 0.841. The molecule has 0 radical (unpaired) electrons. The van der Waals surface area contributed by atoms with Crippen molar-refractivity contribution in [2.24, 2.45) is 0 Å². The number of rotatable bonds is 3. The highest BCUT2D eigenvalue weighted by Crippen LogP contribution is 2.11. The molecule has 6 heteroatoms. The summed E-state index contributed by atoms with van der Waals surface area (Å²) in [6.07, 6.45) is 1.44. The molecule has 0 atom stereocenters. The van der Waals surface area contributed by atoms with E-state index in [2.05, 4.69) is 15.3 Å². The van der Waals surface area contributed by atoms with E-state index >= 15 is 0 Å². The molecule has 1 N–H and O–H groups in total. The molecule has 0 unspecified atom stereocenters. The zero-order chi connectivity index (χ0) is 13.0. The van der Waals surface area contributed by atoms with Crippen molar-refractivity contribution in [2.45, 2.75) is 0 Å². The number of nitrogens with one attached hydrogen (secondary N) is 1. The van der Waals surface area contributed by atoms with Crippen LogP contribution >= 0.6 is 0 Å². The van der Waals surface area contributed by atoms with Crippen LogP contribution in [0, 0.1) is 5.95 Å². The first-order valence-electron chi connectivity index (χ1n) is 5.13. The van der Waals surface area contributed by atoms with Gasteiger partial charge in [0.1, 0.15) is 5.69 Å². The average Bonchev–Trinajstić information content (AvgIpc) is 2.39. The van der Waals surface area contributed by atoms with Crippen molar-refractivity contribution in [1.29, 1.82) is 0 Å². The second-order valence-electron chi connectivity index (χ2n) is 3.39. The van der Waals surface area contributed by atoms with Crippen LogP contribution in [0.25, 0.3) is 0 Å². The van der Waals surface area contributed by atoms with Crippen LogP contribution in [-0.2, 0) is 0 Å². The number of carbonyl (C=O) groups excluding carboxylic acids is 1. The molecule has 0 aliphatic rings. The molecule has 0 aliphatic carbocycles. The molecule has 0 aromatic carbocycles. The lowest BCUT2D eigenvalue weighted by atomic mass is 10.3. The minimum Gasteiger partial charge on any atom is -0.481 e. The van der Waals surface area contributed by atoms with Crippen molar-refractivity contribution in [3.63, 3.8) is 0 Å². The number of nitrogens with zero attached hydrogens (tertiary/aromatic N) is 2. The number of pyridine rings is 2. The number of ether oxygens (including phenoxy) is 1.